The van der Waals surface area contributed by atoms with Crippen LogP contribution in [-0.2, 0) is 14.3 Å². The molecule has 1 aromatic rings. The van der Waals surface area contributed by atoms with Gasteiger partial charge in [0.05, 0.1) is 27.2 Å². The van der Waals surface area contributed by atoms with Gasteiger partial charge in [-0.25, -0.2) is 4.79 Å². The summed E-state index contributed by atoms with van der Waals surface area (Å²) in [5.41, 5.74) is 0.787. The third-order valence-electron chi connectivity index (χ3n) is 3.53. The van der Waals surface area contributed by atoms with Crippen molar-refractivity contribution in [2.75, 3.05) is 27.4 Å². The second-order valence-electron chi connectivity index (χ2n) is 5.11. The van der Waals surface area contributed by atoms with Gasteiger partial charge in [0.2, 0.25) is 0 Å². The van der Waals surface area contributed by atoms with Crippen molar-refractivity contribution in [3.8, 4) is 11.5 Å². The molecule has 1 N–H and O–H groups in total. The maximum atomic E-state index is 12.3. The summed E-state index contributed by atoms with van der Waals surface area (Å²) in [4.78, 5) is 36.6. The SMILES string of the molecule is CCOC(=O)CCN1C(=O)N/C(=C/c2ccc(OC)c(OC)c2)C1=O. The van der Waals surface area contributed by atoms with Crippen LogP contribution < -0.4 is 14.8 Å². The van der Waals surface area contributed by atoms with E-state index < -0.39 is 17.9 Å². The van der Waals surface area contributed by atoms with Crippen LogP contribution in [0.5, 0.6) is 11.5 Å². The van der Waals surface area contributed by atoms with Crippen molar-refractivity contribution >= 4 is 24.0 Å². The molecule has 0 saturated carbocycles. The largest absolute Gasteiger partial charge is 0.493 e. The number of hydrogen-bond acceptors (Lipinski definition) is 6. The Morgan fingerprint density at radius 1 is 1.20 bits per heavy atom. The Kier molecular flexibility index (Phi) is 5.99. The molecule has 0 radical (unpaired) electrons. The minimum absolute atomic E-state index is 0.0349. The number of hydrogen-bond donors (Lipinski definition) is 1. The lowest BCUT2D eigenvalue weighted by Gasteiger charge is -2.10. The molecule has 1 heterocycles. The van der Waals surface area contributed by atoms with Crippen LogP contribution in [0, 0.1) is 0 Å². The molecule has 0 aliphatic carbocycles. The Balaban J connectivity index is 2.13. The van der Waals surface area contributed by atoms with Crippen molar-refractivity contribution in [2.45, 2.75) is 13.3 Å². The minimum atomic E-state index is -0.568. The number of nitrogens with zero attached hydrogens (tertiary/aromatic N) is 1. The predicted octanol–water partition coefficient (Wildman–Crippen LogP) is 1.55. The summed E-state index contributed by atoms with van der Waals surface area (Å²) in [6.07, 6.45) is 1.49. The lowest BCUT2D eigenvalue weighted by atomic mass is 10.1. The van der Waals surface area contributed by atoms with Gasteiger partial charge in [0, 0.05) is 6.54 Å². The van der Waals surface area contributed by atoms with E-state index >= 15 is 0 Å². The molecule has 134 valence electrons. The van der Waals surface area contributed by atoms with Crippen molar-refractivity contribution in [1.82, 2.24) is 10.2 Å². The molecule has 1 fully saturated rings. The number of methoxy groups -OCH3 is 2. The van der Waals surface area contributed by atoms with Crippen molar-refractivity contribution in [1.29, 1.82) is 0 Å². The number of carbonyl (C=O) groups excluding carboxylic acids is 3. The van der Waals surface area contributed by atoms with Crippen molar-refractivity contribution in [3.05, 3.63) is 29.5 Å². The highest BCUT2D eigenvalue weighted by Gasteiger charge is 2.33. The van der Waals surface area contributed by atoms with Crippen molar-refractivity contribution in [2.24, 2.45) is 0 Å². The number of ether oxygens (including phenoxy) is 3. The van der Waals surface area contributed by atoms with E-state index in [9.17, 15) is 14.4 Å². The van der Waals surface area contributed by atoms with E-state index in [4.69, 9.17) is 14.2 Å². The number of esters is 1. The second kappa shape index (κ2) is 8.18. The predicted molar refractivity (Wildman–Crippen MR) is 89.0 cm³/mol. The first-order chi connectivity index (χ1) is 12.0. The Morgan fingerprint density at radius 3 is 2.56 bits per heavy atom. The van der Waals surface area contributed by atoms with E-state index in [1.807, 2.05) is 0 Å². The molecule has 0 aromatic heterocycles. The van der Waals surface area contributed by atoms with Gasteiger partial charge in [-0.05, 0) is 30.7 Å². The summed E-state index contributed by atoms with van der Waals surface area (Å²) in [6.45, 7) is 1.91. The van der Waals surface area contributed by atoms with E-state index in [-0.39, 0.29) is 25.3 Å². The fraction of sp³-hybridized carbons (Fsp3) is 0.353. The van der Waals surface area contributed by atoms with Gasteiger partial charge in [-0.15, -0.1) is 0 Å². The number of nitrogens with one attached hydrogen (secondary N) is 1. The van der Waals surface area contributed by atoms with E-state index in [1.54, 1.807) is 25.1 Å². The van der Waals surface area contributed by atoms with Gasteiger partial charge in [0.15, 0.2) is 11.5 Å². The third kappa shape index (κ3) is 4.28. The number of imide groups is 1. The van der Waals surface area contributed by atoms with Gasteiger partial charge >= 0.3 is 12.0 Å². The minimum Gasteiger partial charge on any atom is -0.493 e. The molecule has 1 aliphatic heterocycles. The van der Waals surface area contributed by atoms with Crippen LogP contribution in [-0.4, -0.2) is 50.2 Å². The lowest BCUT2D eigenvalue weighted by Crippen LogP contribution is -2.33. The molecular formula is C17H20N2O6. The molecule has 8 heteroatoms. The van der Waals surface area contributed by atoms with Gasteiger partial charge in [0.1, 0.15) is 5.70 Å². The number of urea groups is 1. The topological polar surface area (TPSA) is 94.2 Å². The Labute approximate surface area is 145 Å². The summed E-state index contributed by atoms with van der Waals surface area (Å²) >= 11 is 0. The first kappa shape index (κ1) is 18.3. The third-order valence-corrected chi connectivity index (χ3v) is 3.53. The summed E-state index contributed by atoms with van der Waals surface area (Å²) in [5.74, 6) is 0.111. The van der Waals surface area contributed by atoms with E-state index in [0.29, 0.717) is 17.1 Å². The lowest BCUT2D eigenvalue weighted by molar-refractivity contribution is -0.143. The van der Waals surface area contributed by atoms with Crippen molar-refractivity contribution < 1.29 is 28.6 Å². The molecule has 0 bridgehead atoms. The van der Waals surface area contributed by atoms with Gasteiger partial charge < -0.3 is 19.5 Å². The van der Waals surface area contributed by atoms with Crippen LogP contribution in [0.1, 0.15) is 18.9 Å². The highest BCUT2D eigenvalue weighted by atomic mass is 16.5. The highest BCUT2D eigenvalue weighted by Crippen LogP contribution is 2.28. The molecule has 0 unspecified atom stereocenters. The van der Waals surface area contributed by atoms with Gasteiger partial charge in [-0.1, -0.05) is 6.07 Å². The van der Waals surface area contributed by atoms with Crippen LogP contribution in [0.3, 0.4) is 0 Å². The van der Waals surface area contributed by atoms with Gasteiger partial charge in [0.25, 0.3) is 5.91 Å². The van der Waals surface area contributed by atoms with Crippen molar-refractivity contribution in [3.63, 3.8) is 0 Å². The molecule has 3 amide bonds. The molecule has 0 spiro atoms. The molecule has 1 aromatic carbocycles. The Bertz CT molecular complexity index is 713. The van der Waals surface area contributed by atoms with Gasteiger partial charge in [-0.2, -0.15) is 0 Å². The van der Waals surface area contributed by atoms with E-state index in [0.717, 1.165) is 4.90 Å². The summed E-state index contributed by atoms with van der Waals surface area (Å²) in [5, 5.41) is 2.50. The average molecular weight is 348 g/mol. The van der Waals surface area contributed by atoms with Crippen LogP contribution >= 0.6 is 0 Å². The molecule has 1 saturated heterocycles. The molecular weight excluding hydrogens is 328 g/mol. The zero-order valence-corrected chi connectivity index (χ0v) is 14.3. The standard InChI is InChI=1S/C17H20N2O6/c1-4-25-15(20)7-8-19-16(21)12(18-17(19)22)9-11-5-6-13(23-2)14(10-11)24-3/h5-6,9-10H,4,7-8H2,1-3H3,(H,18,22)/b12-9+. The smallest absolute Gasteiger partial charge is 0.329 e. The number of carbonyl (C=O) groups is 3. The molecule has 25 heavy (non-hydrogen) atoms. The summed E-state index contributed by atoms with van der Waals surface area (Å²) in [7, 11) is 3.03. The molecule has 0 atom stereocenters. The van der Waals surface area contributed by atoms with Crippen LogP contribution in [0.4, 0.5) is 4.79 Å². The summed E-state index contributed by atoms with van der Waals surface area (Å²) < 4.78 is 15.2. The molecule has 2 rings (SSSR count). The Morgan fingerprint density at radius 2 is 1.92 bits per heavy atom. The first-order valence-corrected chi connectivity index (χ1v) is 7.72. The van der Waals surface area contributed by atoms with Gasteiger partial charge in [-0.3, -0.25) is 14.5 Å². The quantitative estimate of drug-likeness (QED) is 0.456. The fourth-order valence-electron chi connectivity index (χ4n) is 2.32. The maximum absolute atomic E-state index is 12.3. The maximum Gasteiger partial charge on any atom is 0.329 e. The number of benzene rings is 1. The average Bonchev–Trinajstić information content (AvgIpc) is 2.86. The van der Waals surface area contributed by atoms with Crippen LogP contribution in [0.25, 0.3) is 6.08 Å². The highest BCUT2D eigenvalue weighted by molar-refractivity contribution is 6.14. The van der Waals surface area contributed by atoms with Crippen LogP contribution in [0.15, 0.2) is 23.9 Å². The number of rotatable bonds is 7. The first-order valence-electron chi connectivity index (χ1n) is 7.72. The molecule has 1 aliphatic rings. The second-order valence-corrected chi connectivity index (χ2v) is 5.11. The fourth-order valence-corrected chi connectivity index (χ4v) is 2.32. The van der Waals surface area contributed by atoms with E-state index in [1.165, 1.54) is 20.3 Å². The zero-order valence-electron chi connectivity index (χ0n) is 14.3. The molecule has 8 nitrogen and oxygen atoms in total. The Hall–Kier alpha value is -3.03. The number of amides is 3. The zero-order chi connectivity index (χ0) is 18.4. The monoisotopic (exact) mass is 348 g/mol. The van der Waals surface area contributed by atoms with Crippen LogP contribution in [0.2, 0.25) is 0 Å². The van der Waals surface area contributed by atoms with E-state index in [2.05, 4.69) is 5.32 Å². The normalized spacial score (nSPS) is 15.3. The summed E-state index contributed by atoms with van der Waals surface area (Å²) in [6, 6.07) is 4.55.